The molecule has 2 heterocycles. The summed E-state index contributed by atoms with van der Waals surface area (Å²) in [6, 6.07) is 4.59. The molecule has 8 heteroatoms. The van der Waals surface area contributed by atoms with Crippen LogP contribution in [-0.4, -0.2) is 25.8 Å². The maximum Gasteiger partial charge on any atom is 0.341 e. The molecule has 1 aromatic carbocycles. The van der Waals surface area contributed by atoms with Crippen molar-refractivity contribution in [1.82, 2.24) is 5.32 Å². The van der Waals surface area contributed by atoms with Gasteiger partial charge in [0.15, 0.2) is 11.5 Å². The first-order valence-corrected chi connectivity index (χ1v) is 7.42. The Kier molecular flexibility index (Phi) is 4.35. The Morgan fingerprint density at radius 2 is 2.08 bits per heavy atom. The summed E-state index contributed by atoms with van der Waals surface area (Å²) in [4.78, 5) is 23.8. The Labute approximate surface area is 142 Å². The number of esters is 1. The number of fused-ring (bicyclic) bond motifs is 1. The highest BCUT2D eigenvalue weighted by atomic mass is 35.5. The Bertz CT molecular complexity index is 813. The van der Waals surface area contributed by atoms with Crippen molar-refractivity contribution in [3.63, 3.8) is 0 Å². The second kappa shape index (κ2) is 6.45. The summed E-state index contributed by atoms with van der Waals surface area (Å²) in [5, 5.41) is 2.99. The average Bonchev–Trinajstić information content (AvgIpc) is 3.18. The van der Waals surface area contributed by atoms with E-state index >= 15 is 0 Å². The van der Waals surface area contributed by atoms with Crippen LogP contribution in [0.4, 0.5) is 0 Å². The highest BCUT2D eigenvalue weighted by molar-refractivity contribution is 6.32. The molecule has 1 amide bonds. The minimum absolute atomic E-state index is 0.0715. The molecule has 0 saturated carbocycles. The Balaban J connectivity index is 1.70. The summed E-state index contributed by atoms with van der Waals surface area (Å²) in [6.45, 7) is 1.83. The number of carbonyl (C=O) groups excluding carboxylic acids is 2. The van der Waals surface area contributed by atoms with E-state index in [2.05, 4.69) is 10.1 Å². The van der Waals surface area contributed by atoms with E-state index in [0.717, 1.165) is 0 Å². The molecule has 1 aliphatic heterocycles. The molecule has 1 aromatic heterocycles. The number of benzene rings is 1. The van der Waals surface area contributed by atoms with Gasteiger partial charge in [-0.25, -0.2) is 4.79 Å². The number of methoxy groups -OCH3 is 1. The van der Waals surface area contributed by atoms with Crippen molar-refractivity contribution in [2.45, 2.75) is 13.5 Å². The molecule has 0 aliphatic carbocycles. The van der Waals surface area contributed by atoms with Crippen molar-refractivity contribution in [2.75, 3.05) is 13.9 Å². The van der Waals surface area contributed by atoms with Gasteiger partial charge in [-0.2, -0.15) is 0 Å². The van der Waals surface area contributed by atoms with Gasteiger partial charge < -0.3 is 23.9 Å². The highest BCUT2D eigenvalue weighted by Gasteiger charge is 2.21. The Hall–Kier alpha value is -2.67. The number of ether oxygens (including phenoxy) is 3. The summed E-state index contributed by atoms with van der Waals surface area (Å²) in [6.07, 6.45) is 0. The molecule has 0 spiro atoms. The number of hydrogen-bond donors (Lipinski definition) is 1. The van der Waals surface area contributed by atoms with Crippen molar-refractivity contribution in [1.29, 1.82) is 0 Å². The summed E-state index contributed by atoms with van der Waals surface area (Å²) >= 11 is 6.06. The van der Waals surface area contributed by atoms with Crippen molar-refractivity contribution >= 4 is 23.5 Å². The van der Waals surface area contributed by atoms with E-state index in [1.807, 2.05) is 0 Å². The van der Waals surface area contributed by atoms with Gasteiger partial charge in [-0.1, -0.05) is 11.6 Å². The fraction of sp³-hybridized carbons (Fsp3) is 0.250. The van der Waals surface area contributed by atoms with E-state index in [0.29, 0.717) is 39.2 Å². The first-order valence-electron chi connectivity index (χ1n) is 7.04. The first kappa shape index (κ1) is 16.2. The topological polar surface area (TPSA) is 87.0 Å². The van der Waals surface area contributed by atoms with Crippen molar-refractivity contribution in [2.24, 2.45) is 0 Å². The predicted molar refractivity (Wildman–Crippen MR) is 83.5 cm³/mol. The molecular formula is C16H14ClNO6. The van der Waals surface area contributed by atoms with Crippen LogP contribution in [0.25, 0.3) is 0 Å². The van der Waals surface area contributed by atoms with Crippen LogP contribution in [0.2, 0.25) is 5.02 Å². The van der Waals surface area contributed by atoms with E-state index in [1.165, 1.54) is 19.2 Å². The van der Waals surface area contributed by atoms with Gasteiger partial charge in [-0.3, -0.25) is 4.79 Å². The summed E-state index contributed by atoms with van der Waals surface area (Å²) in [5.74, 6) is 0.873. The highest BCUT2D eigenvalue weighted by Crippen LogP contribution is 2.39. The lowest BCUT2D eigenvalue weighted by Crippen LogP contribution is -2.22. The summed E-state index contributed by atoms with van der Waals surface area (Å²) in [5.41, 5.74) is 0.661. The number of hydrogen-bond acceptors (Lipinski definition) is 6. The third-order valence-corrected chi connectivity index (χ3v) is 3.77. The number of halogens is 1. The monoisotopic (exact) mass is 351 g/mol. The fourth-order valence-corrected chi connectivity index (χ4v) is 2.58. The van der Waals surface area contributed by atoms with Crippen LogP contribution in [0.1, 0.15) is 32.2 Å². The van der Waals surface area contributed by atoms with E-state index < -0.39 is 5.97 Å². The average molecular weight is 352 g/mol. The molecule has 0 saturated heterocycles. The van der Waals surface area contributed by atoms with Crippen molar-refractivity contribution < 1.29 is 28.2 Å². The zero-order chi connectivity index (χ0) is 17.3. The first-order chi connectivity index (χ1) is 11.5. The molecule has 126 valence electrons. The summed E-state index contributed by atoms with van der Waals surface area (Å²) in [7, 11) is 1.29. The molecule has 24 heavy (non-hydrogen) atoms. The second-order valence-corrected chi connectivity index (χ2v) is 5.46. The van der Waals surface area contributed by atoms with Crippen molar-refractivity contribution in [3.8, 4) is 11.5 Å². The Morgan fingerprint density at radius 1 is 1.29 bits per heavy atom. The normalized spacial score (nSPS) is 12.1. The molecule has 0 fully saturated rings. The zero-order valence-electron chi connectivity index (χ0n) is 13.0. The predicted octanol–water partition coefficient (Wildman–Crippen LogP) is 2.69. The lowest BCUT2D eigenvalue weighted by atomic mass is 10.2. The van der Waals surface area contributed by atoms with Gasteiger partial charge >= 0.3 is 5.97 Å². The van der Waals surface area contributed by atoms with E-state index in [-0.39, 0.29) is 19.2 Å². The van der Waals surface area contributed by atoms with E-state index in [1.54, 1.807) is 13.0 Å². The molecular weight excluding hydrogens is 338 g/mol. The quantitative estimate of drug-likeness (QED) is 0.852. The number of furan rings is 1. The molecule has 3 rings (SSSR count). The van der Waals surface area contributed by atoms with Crippen LogP contribution in [0.5, 0.6) is 11.5 Å². The number of aryl methyl sites for hydroxylation is 1. The molecule has 1 aliphatic rings. The molecule has 0 bridgehead atoms. The number of rotatable bonds is 4. The lowest BCUT2D eigenvalue weighted by Gasteiger charge is -2.06. The zero-order valence-corrected chi connectivity index (χ0v) is 13.7. The third kappa shape index (κ3) is 3.03. The van der Waals surface area contributed by atoms with Crippen LogP contribution in [0, 0.1) is 6.92 Å². The molecule has 7 nitrogen and oxygen atoms in total. The maximum atomic E-state index is 12.3. The van der Waals surface area contributed by atoms with E-state index in [4.69, 9.17) is 25.5 Å². The fourth-order valence-electron chi connectivity index (χ4n) is 2.31. The van der Waals surface area contributed by atoms with Gasteiger partial charge in [-0.15, -0.1) is 0 Å². The minimum atomic E-state index is -0.489. The molecule has 2 aromatic rings. The van der Waals surface area contributed by atoms with E-state index in [9.17, 15) is 9.59 Å². The largest absolute Gasteiger partial charge is 0.465 e. The van der Waals surface area contributed by atoms with Gasteiger partial charge in [0.1, 0.15) is 17.1 Å². The SMILES string of the molecule is COC(=O)c1cc(CNC(=O)c2cc(Cl)c3c(c2)OCO3)oc1C. The van der Waals surface area contributed by atoms with Gasteiger partial charge in [0, 0.05) is 5.56 Å². The van der Waals surface area contributed by atoms with Crippen LogP contribution < -0.4 is 14.8 Å². The molecule has 1 N–H and O–H groups in total. The third-order valence-electron chi connectivity index (χ3n) is 3.49. The molecule has 0 unspecified atom stereocenters. The van der Waals surface area contributed by atoms with Gasteiger partial charge in [0.2, 0.25) is 6.79 Å². The van der Waals surface area contributed by atoms with Crippen molar-refractivity contribution in [3.05, 3.63) is 45.9 Å². The van der Waals surface area contributed by atoms with Gasteiger partial charge in [-0.05, 0) is 25.1 Å². The summed E-state index contributed by atoms with van der Waals surface area (Å²) < 4.78 is 20.5. The van der Waals surface area contributed by atoms with Gasteiger partial charge in [0.05, 0.1) is 18.7 Å². The smallest absolute Gasteiger partial charge is 0.341 e. The number of carbonyl (C=O) groups is 2. The lowest BCUT2D eigenvalue weighted by molar-refractivity contribution is 0.0598. The standard InChI is InChI=1S/C16H14ClNO6/c1-8-11(16(20)21-2)5-10(24-8)6-18-15(19)9-3-12(17)14-13(4-9)22-7-23-14/h3-5H,6-7H2,1-2H3,(H,18,19). The number of nitrogens with one attached hydrogen (secondary N) is 1. The van der Waals surface area contributed by atoms with Gasteiger partial charge in [0.25, 0.3) is 5.91 Å². The Morgan fingerprint density at radius 3 is 2.83 bits per heavy atom. The van der Waals surface area contributed by atoms with Crippen LogP contribution in [0.15, 0.2) is 22.6 Å². The van der Waals surface area contributed by atoms with Crippen LogP contribution >= 0.6 is 11.6 Å². The molecule has 0 radical (unpaired) electrons. The van der Waals surface area contributed by atoms with Crippen LogP contribution in [0.3, 0.4) is 0 Å². The van der Waals surface area contributed by atoms with Crippen LogP contribution in [-0.2, 0) is 11.3 Å². The second-order valence-electron chi connectivity index (χ2n) is 5.05. The minimum Gasteiger partial charge on any atom is -0.465 e. The number of amides is 1. The maximum absolute atomic E-state index is 12.3. The molecule has 0 atom stereocenters.